The molecule has 0 aliphatic carbocycles. The number of nitrogens with zero attached hydrogens (tertiary/aromatic N) is 3. The SMILES string of the molecule is CCOc1ccccc1/C=N/OCC(=O)N1CCN(S(=O)(=O)c2ccc3ccccc3c2)CC1. The lowest BCUT2D eigenvalue weighted by Crippen LogP contribution is -2.51. The van der Waals surface area contributed by atoms with Crippen LogP contribution in [0, 0.1) is 0 Å². The number of rotatable bonds is 8. The van der Waals surface area contributed by atoms with Gasteiger partial charge in [-0.25, -0.2) is 8.42 Å². The third kappa shape index (κ3) is 5.37. The van der Waals surface area contributed by atoms with Gasteiger partial charge in [0.25, 0.3) is 5.91 Å². The van der Waals surface area contributed by atoms with Gasteiger partial charge in [-0.2, -0.15) is 4.31 Å². The van der Waals surface area contributed by atoms with Gasteiger partial charge in [0.1, 0.15) is 5.75 Å². The number of benzene rings is 3. The van der Waals surface area contributed by atoms with Gasteiger partial charge in [0, 0.05) is 31.7 Å². The summed E-state index contributed by atoms with van der Waals surface area (Å²) in [5, 5.41) is 5.74. The van der Waals surface area contributed by atoms with Gasteiger partial charge in [-0.05, 0) is 42.0 Å². The first kappa shape index (κ1) is 23.7. The lowest BCUT2D eigenvalue weighted by Gasteiger charge is -2.33. The molecule has 1 aliphatic heterocycles. The molecule has 0 aromatic heterocycles. The lowest BCUT2D eigenvalue weighted by atomic mass is 10.1. The van der Waals surface area contributed by atoms with E-state index in [0.29, 0.717) is 25.4 Å². The second-order valence-corrected chi connectivity index (χ2v) is 9.71. The van der Waals surface area contributed by atoms with E-state index in [1.165, 1.54) is 10.5 Å². The zero-order chi connectivity index (χ0) is 24.0. The highest BCUT2D eigenvalue weighted by Crippen LogP contribution is 2.23. The molecule has 3 aromatic carbocycles. The van der Waals surface area contributed by atoms with Crippen LogP contribution in [0.2, 0.25) is 0 Å². The Morgan fingerprint density at radius 1 is 0.971 bits per heavy atom. The van der Waals surface area contributed by atoms with Crippen molar-refractivity contribution >= 4 is 32.9 Å². The Kier molecular flexibility index (Phi) is 7.44. The molecule has 0 spiro atoms. The van der Waals surface area contributed by atoms with Crippen molar-refractivity contribution in [2.24, 2.45) is 5.16 Å². The first-order chi connectivity index (χ1) is 16.5. The Hall–Kier alpha value is -3.43. The van der Waals surface area contributed by atoms with E-state index in [1.54, 1.807) is 17.0 Å². The van der Waals surface area contributed by atoms with E-state index in [2.05, 4.69) is 5.16 Å². The summed E-state index contributed by atoms with van der Waals surface area (Å²) >= 11 is 0. The maximum atomic E-state index is 13.1. The smallest absolute Gasteiger partial charge is 0.263 e. The fraction of sp³-hybridized carbons (Fsp3) is 0.280. The molecule has 1 amide bonds. The molecule has 9 heteroatoms. The number of para-hydroxylation sites is 1. The maximum Gasteiger partial charge on any atom is 0.263 e. The summed E-state index contributed by atoms with van der Waals surface area (Å²) in [7, 11) is -3.63. The molecule has 3 aromatic rings. The molecule has 34 heavy (non-hydrogen) atoms. The minimum absolute atomic E-state index is 0.218. The molecule has 0 atom stereocenters. The predicted octanol–water partition coefficient (Wildman–Crippen LogP) is 3.12. The Labute approximate surface area is 199 Å². The van der Waals surface area contributed by atoms with E-state index in [0.717, 1.165) is 16.3 Å². The van der Waals surface area contributed by atoms with Gasteiger partial charge in [-0.15, -0.1) is 0 Å². The molecule has 1 saturated heterocycles. The van der Waals surface area contributed by atoms with E-state index >= 15 is 0 Å². The fourth-order valence-corrected chi connectivity index (χ4v) is 5.26. The summed E-state index contributed by atoms with van der Waals surface area (Å²) in [6.07, 6.45) is 1.51. The molecule has 0 radical (unpaired) electrons. The largest absolute Gasteiger partial charge is 0.493 e. The number of fused-ring (bicyclic) bond motifs is 1. The number of sulfonamides is 1. The first-order valence-electron chi connectivity index (χ1n) is 11.1. The second kappa shape index (κ2) is 10.7. The summed E-state index contributed by atoms with van der Waals surface area (Å²) in [6.45, 7) is 3.27. The molecule has 8 nitrogen and oxygen atoms in total. The normalized spacial score (nSPS) is 15.0. The van der Waals surface area contributed by atoms with Crippen LogP contribution >= 0.6 is 0 Å². The minimum atomic E-state index is -3.63. The Morgan fingerprint density at radius 3 is 2.44 bits per heavy atom. The number of piperazine rings is 1. The highest BCUT2D eigenvalue weighted by atomic mass is 32.2. The van der Waals surface area contributed by atoms with Gasteiger partial charge in [-0.1, -0.05) is 47.6 Å². The highest BCUT2D eigenvalue weighted by molar-refractivity contribution is 7.89. The van der Waals surface area contributed by atoms with Crippen molar-refractivity contribution in [3.05, 3.63) is 72.3 Å². The van der Waals surface area contributed by atoms with E-state index in [-0.39, 0.29) is 30.5 Å². The van der Waals surface area contributed by atoms with Crippen LogP contribution in [0.25, 0.3) is 10.8 Å². The van der Waals surface area contributed by atoms with Crippen LogP contribution in [-0.4, -0.2) is 69.1 Å². The average Bonchev–Trinajstić information content (AvgIpc) is 2.87. The molecular weight excluding hydrogens is 454 g/mol. The minimum Gasteiger partial charge on any atom is -0.493 e. The summed E-state index contributed by atoms with van der Waals surface area (Å²) in [4.78, 5) is 19.5. The van der Waals surface area contributed by atoms with E-state index in [4.69, 9.17) is 9.57 Å². The number of hydrogen-bond acceptors (Lipinski definition) is 6. The Balaban J connectivity index is 1.30. The molecule has 0 saturated carbocycles. The molecular formula is C25H27N3O5S. The number of hydrogen-bond donors (Lipinski definition) is 0. The third-order valence-electron chi connectivity index (χ3n) is 5.62. The van der Waals surface area contributed by atoms with Crippen molar-refractivity contribution in [1.29, 1.82) is 0 Å². The van der Waals surface area contributed by atoms with Crippen molar-refractivity contribution in [2.45, 2.75) is 11.8 Å². The third-order valence-corrected chi connectivity index (χ3v) is 7.52. The van der Waals surface area contributed by atoms with Crippen LogP contribution in [-0.2, 0) is 19.7 Å². The number of ether oxygens (including phenoxy) is 1. The standard InChI is InChI=1S/C25H27N3O5S/c1-2-32-24-10-6-5-9-22(24)18-26-33-19-25(29)27-13-15-28(16-14-27)34(30,31)23-12-11-20-7-3-4-8-21(20)17-23/h3-12,17-18H,2,13-16,19H2,1H3/b26-18+. The lowest BCUT2D eigenvalue weighted by molar-refractivity contribution is -0.137. The maximum absolute atomic E-state index is 13.1. The van der Waals surface area contributed by atoms with Crippen molar-refractivity contribution < 1.29 is 22.8 Å². The molecule has 1 aliphatic rings. The molecule has 4 rings (SSSR count). The van der Waals surface area contributed by atoms with Gasteiger partial charge in [0.2, 0.25) is 10.0 Å². The summed E-state index contributed by atoms with van der Waals surface area (Å²) in [6, 6.07) is 20.2. The van der Waals surface area contributed by atoms with E-state index in [9.17, 15) is 13.2 Å². The zero-order valence-corrected chi connectivity index (χ0v) is 19.8. The van der Waals surface area contributed by atoms with Gasteiger partial charge in [0.05, 0.1) is 17.7 Å². The highest BCUT2D eigenvalue weighted by Gasteiger charge is 2.30. The number of oxime groups is 1. The van der Waals surface area contributed by atoms with Crippen molar-refractivity contribution in [2.75, 3.05) is 39.4 Å². The fourth-order valence-electron chi connectivity index (χ4n) is 3.81. The number of carbonyl (C=O) groups is 1. The van der Waals surface area contributed by atoms with Crippen LogP contribution in [0.5, 0.6) is 5.75 Å². The molecule has 0 N–H and O–H groups in total. The van der Waals surface area contributed by atoms with Crippen molar-refractivity contribution in [3.8, 4) is 5.75 Å². The summed E-state index contributed by atoms with van der Waals surface area (Å²) < 4.78 is 33.1. The predicted molar refractivity (Wildman–Crippen MR) is 130 cm³/mol. The van der Waals surface area contributed by atoms with Crippen molar-refractivity contribution in [1.82, 2.24) is 9.21 Å². The second-order valence-electron chi connectivity index (χ2n) is 7.77. The van der Waals surface area contributed by atoms with Gasteiger partial charge >= 0.3 is 0 Å². The topological polar surface area (TPSA) is 88.5 Å². The molecule has 1 fully saturated rings. The Bertz CT molecular complexity index is 1280. The monoisotopic (exact) mass is 481 g/mol. The number of amides is 1. The van der Waals surface area contributed by atoms with Gasteiger partial charge in [-0.3, -0.25) is 4.79 Å². The zero-order valence-electron chi connectivity index (χ0n) is 19.0. The summed E-state index contributed by atoms with van der Waals surface area (Å²) in [5.74, 6) is 0.449. The van der Waals surface area contributed by atoms with Gasteiger partial charge in [0.15, 0.2) is 6.61 Å². The number of carbonyl (C=O) groups excluding carboxylic acids is 1. The van der Waals surface area contributed by atoms with Crippen molar-refractivity contribution in [3.63, 3.8) is 0 Å². The van der Waals surface area contributed by atoms with Crippen LogP contribution < -0.4 is 4.74 Å². The molecule has 0 bridgehead atoms. The Morgan fingerprint density at radius 2 is 1.68 bits per heavy atom. The van der Waals surface area contributed by atoms with E-state index in [1.807, 2.05) is 61.5 Å². The molecule has 0 unspecified atom stereocenters. The van der Waals surface area contributed by atoms with Crippen LogP contribution in [0.3, 0.4) is 0 Å². The average molecular weight is 482 g/mol. The van der Waals surface area contributed by atoms with Gasteiger partial charge < -0.3 is 14.5 Å². The molecule has 178 valence electrons. The quantitative estimate of drug-likeness (QED) is 0.364. The van der Waals surface area contributed by atoms with E-state index < -0.39 is 10.0 Å². The van der Waals surface area contributed by atoms with Crippen LogP contribution in [0.1, 0.15) is 12.5 Å². The summed E-state index contributed by atoms with van der Waals surface area (Å²) in [5.41, 5.74) is 0.754. The van der Waals surface area contributed by atoms with Crippen LogP contribution in [0.15, 0.2) is 76.8 Å². The first-order valence-corrected chi connectivity index (χ1v) is 12.6. The van der Waals surface area contributed by atoms with Crippen LogP contribution in [0.4, 0.5) is 0 Å². The molecule has 1 heterocycles.